The van der Waals surface area contributed by atoms with Gasteiger partial charge in [-0.05, 0) is 110 Å². The first kappa shape index (κ1) is 27.5. The first-order valence-corrected chi connectivity index (χ1v) is 14.3. The third kappa shape index (κ3) is 7.00. The molecule has 0 aliphatic heterocycles. The average Bonchev–Trinajstić information content (AvgIpc) is 3.11. The molecule has 3 aliphatic rings. The predicted molar refractivity (Wildman–Crippen MR) is 142 cm³/mol. The van der Waals surface area contributed by atoms with Gasteiger partial charge in [0.05, 0.1) is 5.60 Å². The third-order valence-electron chi connectivity index (χ3n) is 8.78. The quantitative estimate of drug-likeness (QED) is 0.250. The molecule has 0 radical (unpaired) electrons. The summed E-state index contributed by atoms with van der Waals surface area (Å²) in [6, 6.07) is 0. The summed E-state index contributed by atoms with van der Waals surface area (Å²) < 4.78 is 10.4. The fourth-order valence-electron chi connectivity index (χ4n) is 6.97. The highest BCUT2D eigenvalue weighted by molar-refractivity contribution is 9.09. The Morgan fingerprint density at radius 3 is 2.76 bits per heavy atom. The molecule has 0 spiro atoms. The van der Waals surface area contributed by atoms with Crippen molar-refractivity contribution in [1.82, 2.24) is 0 Å². The lowest BCUT2D eigenvalue weighted by Gasteiger charge is -2.44. The molecule has 3 fully saturated rings. The van der Waals surface area contributed by atoms with Crippen LogP contribution in [0, 0.1) is 23.2 Å². The maximum Gasteiger partial charge on any atom is 0.509 e. The van der Waals surface area contributed by atoms with E-state index in [-0.39, 0.29) is 11.6 Å². The van der Waals surface area contributed by atoms with Crippen molar-refractivity contribution in [2.75, 3.05) is 5.52 Å². The van der Waals surface area contributed by atoms with Gasteiger partial charge in [-0.3, -0.25) is 0 Å². The molecule has 5 heteroatoms. The molecule has 0 aromatic rings. The van der Waals surface area contributed by atoms with Crippen molar-refractivity contribution in [3.63, 3.8) is 0 Å². The molecule has 0 amide bonds. The van der Waals surface area contributed by atoms with Crippen molar-refractivity contribution < 1.29 is 19.4 Å². The van der Waals surface area contributed by atoms with Crippen LogP contribution in [-0.2, 0) is 9.47 Å². The minimum Gasteiger partial charge on any atom is -0.431 e. The summed E-state index contributed by atoms with van der Waals surface area (Å²) in [4.78, 5) is 11.7. The van der Waals surface area contributed by atoms with Crippen molar-refractivity contribution in [2.45, 2.75) is 110 Å². The Hall–Kier alpha value is -1.07. The number of allylic oxidation sites excluding steroid dienone is 4. The molecule has 3 aliphatic carbocycles. The van der Waals surface area contributed by atoms with E-state index in [2.05, 4.69) is 48.5 Å². The number of ether oxygens (including phenoxy) is 2. The maximum absolute atomic E-state index is 11.7. The summed E-state index contributed by atoms with van der Waals surface area (Å²) in [6.07, 6.45) is 15.8. The fraction of sp³-hybridized carbons (Fsp3) is 0.759. The van der Waals surface area contributed by atoms with E-state index >= 15 is 0 Å². The number of halogens is 1. The van der Waals surface area contributed by atoms with Gasteiger partial charge < -0.3 is 14.6 Å². The highest BCUT2D eigenvalue weighted by Crippen LogP contribution is 2.60. The summed E-state index contributed by atoms with van der Waals surface area (Å²) in [5, 5.41) is 10.1. The largest absolute Gasteiger partial charge is 0.509 e. The van der Waals surface area contributed by atoms with Gasteiger partial charge in [0.2, 0.25) is 0 Å². The van der Waals surface area contributed by atoms with Crippen LogP contribution in [0.2, 0.25) is 0 Å². The summed E-state index contributed by atoms with van der Waals surface area (Å²) in [7, 11) is 0. The number of aliphatic hydroxyl groups is 1. The van der Waals surface area contributed by atoms with Gasteiger partial charge in [0.1, 0.15) is 11.6 Å². The van der Waals surface area contributed by atoms with Gasteiger partial charge in [-0.1, -0.05) is 56.6 Å². The Labute approximate surface area is 215 Å². The van der Waals surface area contributed by atoms with E-state index in [0.29, 0.717) is 23.7 Å². The molecule has 192 valence electrons. The van der Waals surface area contributed by atoms with Crippen molar-refractivity contribution >= 4 is 22.1 Å². The second-order valence-corrected chi connectivity index (χ2v) is 12.3. The van der Waals surface area contributed by atoms with Crippen LogP contribution < -0.4 is 0 Å². The minimum absolute atomic E-state index is 0.140. The average molecular weight is 538 g/mol. The zero-order chi connectivity index (χ0) is 24.9. The Bertz CT molecular complexity index is 792. The molecule has 4 nitrogen and oxygen atoms in total. The lowest BCUT2D eigenvalue weighted by atomic mass is 9.60. The summed E-state index contributed by atoms with van der Waals surface area (Å²) in [5.74, 6) is 2.13. The van der Waals surface area contributed by atoms with E-state index in [1.807, 2.05) is 13.8 Å². The molecule has 5 atom stereocenters. The van der Waals surface area contributed by atoms with Gasteiger partial charge in [-0.2, -0.15) is 0 Å². The Kier molecular flexibility index (Phi) is 9.53. The number of hydrogen-bond acceptors (Lipinski definition) is 4. The van der Waals surface area contributed by atoms with Crippen molar-refractivity contribution in [3.8, 4) is 0 Å². The molecule has 34 heavy (non-hydrogen) atoms. The summed E-state index contributed by atoms with van der Waals surface area (Å²) in [6.45, 7) is 13.1. The van der Waals surface area contributed by atoms with Gasteiger partial charge in [0, 0.05) is 6.42 Å². The first-order valence-electron chi connectivity index (χ1n) is 13.2. The van der Waals surface area contributed by atoms with Crippen LogP contribution in [-0.4, -0.2) is 28.5 Å². The van der Waals surface area contributed by atoms with Crippen LogP contribution in [0.5, 0.6) is 0 Å². The van der Waals surface area contributed by atoms with Crippen LogP contribution in [0.3, 0.4) is 0 Å². The van der Waals surface area contributed by atoms with E-state index in [4.69, 9.17) is 9.47 Å². The molecular formula is C29H45BrO4. The lowest BCUT2D eigenvalue weighted by Crippen LogP contribution is -2.36. The number of hydrogen-bond donors (Lipinski definition) is 1. The van der Waals surface area contributed by atoms with E-state index in [1.54, 1.807) is 5.57 Å². The van der Waals surface area contributed by atoms with Crippen LogP contribution in [0.4, 0.5) is 4.79 Å². The van der Waals surface area contributed by atoms with Crippen LogP contribution >= 0.6 is 15.9 Å². The van der Waals surface area contributed by atoms with E-state index in [0.717, 1.165) is 37.2 Å². The molecule has 3 rings (SSSR count). The van der Waals surface area contributed by atoms with Gasteiger partial charge in [0.15, 0.2) is 0 Å². The van der Waals surface area contributed by atoms with E-state index < -0.39 is 11.8 Å². The third-order valence-corrected chi connectivity index (χ3v) is 9.01. The molecule has 0 saturated heterocycles. The molecule has 0 aromatic heterocycles. The van der Waals surface area contributed by atoms with Crippen LogP contribution in [0.1, 0.15) is 98.3 Å². The second-order valence-electron chi connectivity index (χ2n) is 11.8. The first-order chi connectivity index (χ1) is 16.0. The zero-order valence-electron chi connectivity index (χ0n) is 21.7. The van der Waals surface area contributed by atoms with Crippen LogP contribution in [0.15, 0.2) is 35.5 Å². The standard InChI is InChI=1S/C29H45BrO4/c1-20-10-13-24(34-27(31)33-19-30)18-23(20)12-11-22-9-7-17-29(5)25(14-15-26(22)29)21(2)8-6-16-28(3,4)32/h11-12,21,24-26,32H,1,6-10,13-19H2,2-5H3/b22-11+,23-12-/t21-,24+,25-,26?,29-/m1/s1. The molecular weight excluding hydrogens is 492 g/mol. The lowest BCUT2D eigenvalue weighted by molar-refractivity contribution is 0.0296. The Morgan fingerprint density at radius 2 is 2.06 bits per heavy atom. The van der Waals surface area contributed by atoms with Crippen molar-refractivity contribution in [2.24, 2.45) is 23.2 Å². The normalized spacial score (nSPS) is 33.1. The Balaban J connectivity index is 1.66. The molecule has 0 aromatic carbocycles. The molecule has 0 bridgehead atoms. The highest BCUT2D eigenvalue weighted by Gasteiger charge is 2.50. The molecule has 1 N–H and O–H groups in total. The van der Waals surface area contributed by atoms with Gasteiger partial charge in [0.25, 0.3) is 0 Å². The number of alkyl halides is 1. The van der Waals surface area contributed by atoms with Gasteiger partial charge in [-0.25, -0.2) is 4.79 Å². The van der Waals surface area contributed by atoms with Crippen molar-refractivity contribution in [3.05, 3.63) is 35.5 Å². The number of fused-ring (bicyclic) bond motifs is 1. The summed E-state index contributed by atoms with van der Waals surface area (Å²) >= 11 is 3.10. The summed E-state index contributed by atoms with van der Waals surface area (Å²) in [5.41, 5.74) is 3.94. The second kappa shape index (κ2) is 11.8. The van der Waals surface area contributed by atoms with Crippen molar-refractivity contribution in [1.29, 1.82) is 0 Å². The monoisotopic (exact) mass is 536 g/mol. The van der Waals surface area contributed by atoms with Gasteiger partial charge >= 0.3 is 6.16 Å². The number of rotatable bonds is 8. The number of carbonyl (C=O) groups excluding carboxylic acids is 1. The van der Waals surface area contributed by atoms with Gasteiger partial charge in [-0.15, -0.1) is 0 Å². The highest BCUT2D eigenvalue weighted by atomic mass is 79.9. The Morgan fingerprint density at radius 1 is 1.29 bits per heavy atom. The minimum atomic E-state index is -0.608. The molecule has 0 heterocycles. The molecule has 3 saturated carbocycles. The predicted octanol–water partition coefficient (Wildman–Crippen LogP) is 8.25. The van der Waals surface area contributed by atoms with E-state index in [1.165, 1.54) is 44.1 Å². The zero-order valence-corrected chi connectivity index (χ0v) is 23.3. The number of carbonyl (C=O) groups is 1. The van der Waals surface area contributed by atoms with E-state index in [9.17, 15) is 9.90 Å². The molecule has 1 unspecified atom stereocenters. The van der Waals surface area contributed by atoms with Crippen LogP contribution in [0.25, 0.3) is 0 Å². The maximum atomic E-state index is 11.7. The fourth-order valence-corrected chi connectivity index (χ4v) is 7.16. The SMILES string of the molecule is C=C1CC[C@H](OC(=O)OCBr)C/C1=C/C=C1\CCC[C@@]2(C)C1CC[C@@H]2[C@H](C)CCCC(C)(C)O. The smallest absolute Gasteiger partial charge is 0.431 e. The topological polar surface area (TPSA) is 55.8 Å².